The molecule has 1 amide bonds. The summed E-state index contributed by atoms with van der Waals surface area (Å²) in [7, 11) is 0. The summed E-state index contributed by atoms with van der Waals surface area (Å²) in [6, 6.07) is 3.29. The molecule has 19 heavy (non-hydrogen) atoms. The Kier molecular flexibility index (Phi) is 6.55. The third kappa shape index (κ3) is 4.97. The van der Waals surface area contributed by atoms with Crippen LogP contribution in [-0.2, 0) is 0 Å². The normalized spacial score (nSPS) is 12.5. The zero-order valence-corrected chi connectivity index (χ0v) is 12.9. The van der Waals surface area contributed by atoms with E-state index in [1.807, 2.05) is 0 Å². The number of hydrogen-bond acceptors (Lipinski definition) is 3. The summed E-state index contributed by atoms with van der Waals surface area (Å²) in [5.74, 6) is -0.190. The fourth-order valence-electron chi connectivity index (χ4n) is 1.91. The van der Waals surface area contributed by atoms with E-state index in [0.717, 1.165) is 13.1 Å². The largest absolute Gasteiger partial charge is 0.350 e. The van der Waals surface area contributed by atoms with Gasteiger partial charge in [-0.2, -0.15) is 0 Å². The Morgan fingerprint density at radius 2 is 1.84 bits per heavy atom. The zero-order valence-electron chi connectivity index (χ0n) is 11.4. The highest BCUT2D eigenvalue weighted by molar-refractivity contribution is 6.33. The van der Waals surface area contributed by atoms with Crippen LogP contribution in [0.1, 0.15) is 31.1 Å². The van der Waals surface area contributed by atoms with Crippen molar-refractivity contribution < 1.29 is 4.79 Å². The van der Waals surface area contributed by atoms with Gasteiger partial charge in [0, 0.05) is 18.2 Å². The molecule has 0 aliphatic heterocycles. The second-order valence-electron chi connectivity index (χ2n) is 4.28. The molecule has 1 aromatic rings. The molecule has 0 saturated carbocycles. The first-order valence-electron chi connectivity index (χ1n) is 6.33. The van der Waals surface area contributed by atoms with Gasteiger partial charge in [0.05, 0.1) is 0 Å². The highest BCUT2D eigenvalue weighted by atomic mass is 35.5. The second-order valence-corrected chi connectivity index (χ2v) is 5.06. The minimum atomic E-state index is -0.190. The van der Waals surface area contributed by atoms with E-state index < -0.39 is 0 Å². The molecule has 1 rings (SSSR count). The first-order valence-corrected chi connectivity index (χ1v) is 7.08. The van der Waals surface area contributed by atoms with Gasteiger partial charge in [0.2, 0.25) is 0 Å². The summed E-state index contributed by atoms with van der Waals surface area (Å²) >= 11 is 11.5. The van der Waals surface area contributed by atoms with Crippen molar-refractivity contribution in [3.63, 3.8) is 0 Å². The summed E-state index contributed by atoms with van der Waals surface area (Å²) in [6.07, 6.45) is 0. The van der Waals surface area contributed by atoms with Crippen molar-refractivity contribution in [2.75, 3.05) is 19.6 Å². The maximum Gasteiger partial charge on any atom is 0.251 e. The topological polar surface area (TPSA) is 45.2 Å². The van der Waals surface area contributed by atoms with Crippen LogP contribution in [0.4, 0.5) is 0 Å². The van der Waals surface area contributed by atoms with Gasteiger partial charge in [0.25, 0.3) is 5.91 Å². The van der Waals surface area contributed by atoms with Gasteiger partial charge in [-0.05, 0) is 32.1 Å². The minimum absolute atomic E-state index is 0.190. The molecule has 1 heterocycles. The smallest absolute Gasteiger partial charge is 0.251 e. The van der Waals surface area contributed by atoms with Crippen LogP contribution in [0.25, 0.3) is 0 Å². The van der Waals surface area contributed by atoms with Crippen molar-refractivity contribution in [3.8, 4) is 0 Å². The molecule has 1 atom stereocenters. The molecule has 0 saturated heterocycles. The number of rotatable bonds is 6. The number of amides is 1. The fourth-order valence-corrected chi connectivity index (χ4v) is 2.37. The molecule has 0 aliphatic rings. The Labute approximate surface area is 124 Å². The monoisotopic (exact) mass is 303 g/mol. The third-order valence-electron chi connectivity index (χ3n) is 3.02. The predicted molar refractivity (Wildman–Crippen MR) is 79.0 cm³/mol. The molecule has 6 heteroatoms. The van der Waals surface area contributed by atoms with E-state index in [9.17, 15) is 4.79 Å². The molecule has 106 valence electrons. The van der Waals surface area contributed by atoms with Gasteiger partial charge in [-0.1, -0.05) is 37.0 Å². The van der Waals surface area contributed by atoms with Crippen LogP contribution in [0.3, 0.4) is 0 Å². The highest BCUT2D eigenvalue weighted by Gasteiger charge is 2.13. The number of hydrogen-bond donors (Lipinski definition) is 1. The van der Waals surface area contributed by atoms with Gasteiger partial charge in [-0.25, -0.2) is 4.98 Å². The number of likely N-dealkylation sites (N-methyl/N-ethyl adjacent to an activating group) is 1. The van der Waals surface area contributed by atoms with Crippen LogP contribution in [-0.4, -0.2) is 41.5 Å². The van der Waals surface area contributed by atoms with Crippen LogP contribution in [0.5, 0.6) is 0 Å². The van der Waals surface area contributed by atoms with Crippen LogP contribution in [0.2, 0.25) is 10.3 Å². The van der Waals surface area contributed by atoms with E-state index in [-0.39, 0.29) is 22.3 Å². The van der Waals surface area contributed by atoms with Gasteiger partial charge in [-0.3, -0.25) is 9.69 Å². The lowest BCUT2D eigenvalue weighted by Crippen LogP contribution is -2.42. The highest BCUT2D eigenvalue weighted by Crippen LogP contribution is 2.14. The Bertz CT molecular complexity index is 416. The van der Waals surface area contributed by atoms with Crippen LogP contribution in [0.15, 0.2) is 12.1 Å². The predicted octanol–water partition coefficient (Wildman–Crippen LogP) is 2.85. The SMILES string of the molecule is CCN(CC)C(C)CNC(=O)c1cc(Cl)nc(Cl)c1. The lowest BCUT2D eigenvalue weighted by molar-refractivity contribution is 0.0938. The Morgan fingerprint density at radius 3 is 2.32 bits per heavy atom. The molecule has 0 spiro atoms. The van der Waals surface area contributed by atoms with Gasteiger partial charge in [0.1, 0.15) is 10.3 Å². The van der Waals surface area contributed by atoms with E-state index in [1.54, 1.807) is 0 Å². The summed E-state index contributed by atoms with van der Waals surface area (Å²) in [6.45, 7) is 8.78. The molecule has 0 aromatic carbocycles. The number of carbonyl (C=O) groups excluding carboxylic acids is 1. The van der Waals surface area contributed by atoms with Crippen molar-refractivity contribution in [2.45, 2.75) is 26.8 Å². The van der Waals surface area contributed by atoms with Crippen LogP contribution in [0, 0.1) is 0 Å². The maximum absolute atomic E-state index is 12.0. The number of nitrogens with one attached hydrogen (secondary N) is 1. The summed E-state index contributed by atoms with van der Waals surface area (Å²) < 4.78 is 0. The molecular weight excluding hydrogens is 285 g/mol. The van der Waals surface area contributed by atoms with Crippen LogP contribution >= 0.6 is 23.2 Å². The van der Waals surface area contributed by atoms with Crippen LogP contribution < -0.4 is 5.32 Å². The summed E-state index contributed by atoms with van der Waals surface area (Å²) in [5.41, 5.74) is 0.428. The molecule has 1 unspecified atom stereocenters. The lowest BCUT2D eigenvalue weighted by atomic mass is 10.2. The zero-order chi connectivity index (χ0) is 14.4. The Balaban J connectivity index is 2.60. The molecule has 0 fully saturated rings. The number of pyridine rings is 1. The average Bonchev–Trinajstić information content (AvgIpc) is 2.36. The fraction of sp³-hybridized carbons (Fsp3) is 0.538. The third-order valence-corrected chi connectivity index (χ3v) is 3.41. The molecule has 1 aromatic heterocycles. The number of aromatic nitrogens is 1. The van der Waals surface area contributed by atoms with Crippen molar-refractivity contribution in [1.29, 1.82) is 0 Å². The molecule has 1 N–H and O–H groups in total. The second kappa shape index (κ2) is 7.68. The lowest BCUT2D eigenvalue weighted by Gasteiger charge is -2.26. The van der Waals surface area contributed by atoms with Gasteiger partial charge in [-0.15, -0.1) is 0 Å². The Morgan fingerprint density at radius 1 is 1.32 bits per heavy atom. The summed E-state index contributed by atoms with van der Waals surface area (Å²) in [4.78, 5) is 18.1. The van der Waals surface area contributed by atoms with Crippen molar-refractivity contribution in [1.82, 2.24) is 15.2 Å². The molecular formula is C13H19Cl2N3O. The van der Waals surface area contributed by atoms with Crippen molar-refractivity contribution in [3.05, 3.63) is 28.0 Å². The standard InChI is InChI=1S/C13H19Cl2N3O/c1-4-18(5-2)9(3)8-16-13(19)10-6-11(14)17-12(15)7-10/h6-7,9H,4-5,8H2,1-3H3,(H,16,19). The van der Waals surface area contributed by atoms with Crippen molar-refractivity contribution >= 4 is 29.1 Å². The molecule has 4 nitrogen and oxygen atoms in total. The molecule has 0 aliphatic carbocycles. The Hall–Kier alpha value is -0.840. The quantitative estimate of drug-likeness (QED) is 0.822. The minimum Gasteiger partial charge on any atom is -0.350 e. The van der Waals surface area contributed by atoms with E-state index >= 15 is 0 Å². The first kappa shape index (κ1) is 16.2. The number of carbonyl (C=O) groups is 1. The van der Waals surface area contributed by atoms with E-state index in [1.165, 1.54) is 12.1 Å². The number of nitrogens with zero attached hydrogens (tertiary/aromatic N) is 2. The van der Waals surface area contributed by atoms with E-state index in [2.05, 4.69) is 36.0 Å². The molecule has 0 bridgehead atoms. The van der Waals surface area contributed by atoms with Gasteiger partial charge in [0.15, 0.2) is 0 Å². The number of halogens is 2. The molecule has 0 radical (unpaired) electrons. The first-order chi connectivity index (χ1) is 8.97. The maximum atomic E-state index is 12.0. The van der Waals surface area contributed by atoms with Gasteiger partial charge < -0.3 is 5.32 Å². The van der Waals surface area contributed by atoms with E-state index in [4.69, 9.17) is 23.2 Å². The van der Waals surface area contributed by atoms with Gasteiger partial charge >= 0.3 is 0 Å². The van der Waals surface area contributed by atoms with Crippen molar-refractivity contribution in [2.24, 2.45) is 0 Å². The summed E-state index contributed by atoms with van der Waals surface area (Å²) in [5, 5.41) is 3.31. The van der Waals surface area contributed by atoms with E-state index in [0.29, 0.717) is 12.1 Å². The average molecular weight is 304 g/mol.